The normalized spacial score (nSPS) is 10.1. The molecule has 2 aromatic carbocycles. The van der Waals surface area contributed by atoms with E-state index in [0.717, 1.165) is 11.1 Å². The van der Waals surface area contributed by atoms with Crippen molar-refractivity contribution in [1.82, 2.24) is 0 Å². The lowest BCUT2D eigenvalue weighted by Gasteiger charge is -2.09. The Morgan fingerprint density at radius 2 is 1.77 bits per heavy atom. The predicted molar refractivity (Wildman–Crippen MR) is 86.3 cm³/mol. The summed E-state index contributed by atoms with van der Waals surface area (Å²) in [4.78, 5) is 23.6. The molecule has 1 N–H and O–H groups in total. The van der Waals surface area contributed by atoms with Gasteiger partial charge in [-0.05, 0) is 43.7 Å². The molecule has 0 atom stereocenters. The van der Waals surface area contributed by atoms with Gasteiger partial charge in [0.1, 0.15) is 0 Å². The molecule has 0 heterocycles. The molecule has 0 aliphatic rings. The van der Waals surface area contributed by atoms with Gasteiger partial charge in [0.25, 0.3) is 5.91 Å². The minimum atomic E-state index is -0.530. The highest BCUT2D eigenvalue weighted by Crippen LogP contribution is 2.20. The molecule has 0 aliphatic heterocycles. The van der Waals surface area contributed by atoms with E-state index in [1.807, 2.05) is 26.0 Å². The van der Waals surface area contributed by atoms with Crippen LogP contribution in [0.2, 0.25) is 5.02 Å². The fourth-order valence-electron chi connectivity index (χ4n) is 1.82. The second-order valence-electron chi connectivity index (χ2n) is 4.95. The highest BCUT2D eigenvalue weighted by Gasteiger charge is 2.11. The Morgan fingerprint density at radius 3 is 2.45 bits per heavy atom. The number of amides is 1. The van der Waals surface area contributed by atoms with Crippen molar-refractivity contribution in [2.45, 2.75) is 13.8 Å². The molecule has 0 saturated carbocycles. The van der Waals surface area contributed by atoms with Gasteiger partial charge >= 0.3 is 5.97 Å². The monoisotopic (exact) mass is 317 g/mol. The molecule has 5 heteroatoms. The van der Waals surface area contributed by atoms with Gasteiger partial charge in [0.15, 0.2) is 6.61 Å². The summed E-state index contributed by atoms with van der Waals surface area (Å²) in [7, 11) is 0. The van der Waals surface area contributed by atoms with Gasteiger partial charge < -0.3 is 10.1 Å². The molecule has 2 rings (SSSR count). The molecule has 4 nitrogen and oxygen atoms in total. The largest absolute Gasteiger partial charge is 0.452 e. The Labute approximate surface area is 134 Å². The maximum absolute atomic E-state index is 11.8. The molecule has 22 heavy (non-hydrogen) atoms. The first-order valence-electron chi connectivity index (χ1n) is 6.75. The first-order chi connectivity index (χ1) is 10.5. The molecule has 0 bridgehead atoms. The molecular weight excluding hydrogens is 302 g/mol. The molecule has 0 radical (unpaired) electrons. The summed E-state index contributed by atoms with van der Waals surface area (Å²) in [5.74, 6) is -0.941. The van der Waals surface area contributed by atoms with Crippen LogP contribution in [-0.2, 0) is 9.53 Å². The van der Waals surface area contributed by atoms with Crippen LogP contribution in [0.15, 0.2) is 42.5 Å². The first kappa shape index (κ1) is 16.0. The zero-order chi connectivity index (χ0) is 16.1. The van der Waals surface area contributed by atoms with Crippen LogP contribution in [0, 0.1) is 13.8 Å². The minimum Gasteiger partial charge on any atom is -0.452 e. The number of halogens is 1. The lowest BCUT2D eigenvalue weighted by Crippen LogP contribution is -2.21. The van der Waals surface area contributed by atoms with E-state index in [1.54, 1.807) is 30.3 Å². The Morgan fingerprint density at radius 1 is 1.09 bits per heavy atom. The smallest absolute Gasteiger partial charge is 0.338 e. The average Bonchev–Trinajstić information content (AvgIpc) is 2.49. The van der Waals surface area contributed by atoms with Crippen molar-refractivity contribution < 1.29 is 14.3 Å². The van der Waals surface area contributed by atoms with Gasteiger partial charge in [-0.2, -0.15) is 0 Å². The molecule has 2 aromatic rings. The van der Waals surface area contributed by atoms with E-state index in [9.17, 15) is 9.59 Å². The third kappa shape index (κ3) is 4.33. The van der Waals surface area contributed by atoms with Gasteiger partial charge in [-0.3, -0.25) is 4.79 Å². The number of hydrogen-bond donors (Lipinski definition) is 1. The summed E-state index contributed by atoms with van der Waals surface area (Å²) in [6.45, 7) is 3.43. The van der Waals surface area contributed by atoms with Gasteiger partial charge in [0, 0.05) is 10.7 Å². The van der Waals surface area contributed by atoms with Crippen molar-refractivity contribution in [2.24, 2.45) is 0 Å². The molecular formula is C17H16ClNO3. The fraction of sp³-hybridized carbons (Fsp3) is 0.176. The lowest BCUT2D eigenvalue weighted by atomic mass is 10.1. The number of carbonyl (C=O) groups excluding carboxylic acids is 2. The maximum Gasteiger partial charge on any atom is 0.338 e. The van der Waals surface area contributed by atoms with Crippen LogP contribution >= 0.6 is 11.6 Å². The zero-order valence-corrected chi connectivity index (χ0v) is 13.1. The Balaban J connectivity index is 1.91. The summed E-state index contributed by atoms with van der Waals surface area (Å²) >= 11 is 5.88. The molecule has 0 unspecified atom stereocenters. The second kappa shape index (κ2) is 7.09. The van der Waals surface area contributed by atoms with E-state index in [2.05, 4.69) is 5.32 Å². The molecule has 0 aromatic heterocycles. The quantitative estimate of drug-likeness (QED) is 0.874. The molecule has 0 saturated heterocycles. The van der Waals surface area contributed by atoms with Gasteiger partial charge in [0.2, 0.25) is 0 Å². The Bertz CT molecular complexity index is 696. The maximum atomic E-state index is 11.8. The van der Waals surface area contributed by atoms with E-state index >= 15 is 0 Å². The summed E-state index contributed by atoms with van der Waals surface area (Å²) < 4.78 is 4.99. The number of carbonyl (C=O) groups is 2. The lowest BCUT2D eigenvalue weighted by molar-refractivity contribution is -0.119. The van der Waals surface area contributed by atoms with Crippen LogP contribution in [0.4, 0.5) is 5.69 Å². The second-order valence-corrected chi connectivity index (χ2v) is 5.39. The summed E-state index contributed by atoms with van der Waals surface area (Å²) in [6, 6.07) is 12.1. The molecule has 0 spiro atoms. The average molecular weight is 318 g/mol. The minimum absolute atomic E-state index is 0.349. The van der Waals surface area contributed by atoms with Crippen LogP contribution in [0.5, 0.6) is 0 Å². The number of nitrogens with one attached hydrogen (secondary N) is 1. The van der Waals surface area contributed by atoms with Gasteiger partial charge in [-0.25, -0.2) is 4.79 Å². The SMILES string of the molecule is Cc1ccc(C(=O)OCC(=O)Nc2cc(Cl)ccc2C)cc1. The van der Waals surface area contributed by atoms with Crippen LogP contribution in [0.1, 0.15) is 21.5 Å². The van der Waals surface area contributed by atoms with Gasteiger partial charge in [0.05, 0.1) is 5.56 Å². The summed E-state index contributed by atoms with van der Waals surface area (Å²) in [6.07, 6.45) is 0. The van der Waals surface area contributed by atoms with E-state index in [1.165, 1.54) is 0 Å². The first-order valence-corrected chi connectivity index (χ1v) is 7.13. The van der Waals surface area contributed by atoms with E-state index in [-0.39, 0.29) is 6.61 Å². The number of ether oxygens (including phenoxy) is 1. The predicted octanol–water partition coefficient (Wildman–Crippen LogP) is 3.75. The topological polar surface area (TPSA) is 55.4 Å². The van der Waals surface area contributed by atoms with Crippen LogP contribution in [0.25, 0.3) is 0 Å². The number of hydrogen-bond acceptors (Lipinski definition) is 3. The molecule has 1 amide bonds. The van der Waals surface area contributed by atoms with Gasteiger partial charge in [-0.1, -0.05) is 35.4 Å². The van der Waals surface area contributed by atoms with Crippen molar-refractivity contribution in [3.63, 3.8) is 0 Å². The van der Waals surface area contributed by atoms with Gasteiger partial charge in [-0.15, -0.1) is 0 Å². The van der Waals surface area contributed by atoms with Crippen molar-refractivity contribution in [3.8, 4) is 0 Å². The van der Waals surface area contributed by atoms with E-state index < -0.39 is 11.9 Å². The van der Waals surface area contributed by atoms with Crippen LogP contribution < -0.4 is 5.32 Å². The van der Waals surface area contributed by atoms with Crippen molar-refractivity contribution in [2.75, 3.05) is 11.9 Å². The van der Waals surface area contributed by atoms with Crippen molar-refractivity contribution in [3.05, 3.63) is 64.2 Å². The third-order valence-electron chi connectivity index (χ3n) is 3.10. The van der Waals surface area contributed by atoms with Crippen molar-refractivity contribution in [1.29, 1.82) is 0 Å². The fourth-order valence-corrected chi connectivity index (χ4v) is 1.99. The van der Waals surface area contributed by atoms with Crippen molar-refractivity contribution >= 4 is 29.2 Å². The number of benzene rings is 2. The van der Waals surface area contributed by atoms with E-state index in [0.29, 0.717) is 16.3 Å². The molecule has 0 fully saturated rings. The Kier molecular flexibility index (Phi) is 5.17. The summed E-state index contributed by atoms with van der Waals surface area (Å²) in [5, 5.41) is 3.19. The van der Waals surface area contributed by atoms with Crippen LogP contribution in [-0.4, -0.2) is 18.5 Å². The summed E-state index contributed by atoms with van der Waals surface area (Å²) in [5.41, 5.74) is 2.94. The highest BCUT2D eigenvalue weighted by molar-refractivity contribution is 6.31. The zero-order valence-electron chi connectivity index (χ0n) is 12.4. The number of esters is 1. The Hall–Kier alpha value is -2.33. The molecule has 114 valence electrons. The number of anilines is 1. The number of rotatable bonds is 4. The van der Waals surface area contributed by atoms with Crippen LogP contribution in [0.3, 0.4) is 0 Å². The number of aryl methyl sites for hydroxylation is 2. The standard InChI is InChI=1S/C17H16ClNO3/c1-11-3-6-13(7-4-11)17(21)22-10-16(20)19-15-9-14(18)8-5-12(15)2/h3-9H,10H2,1-2H3,(H,19,20). The highest BCUT2D eigenvalue weighted by atomic mass is 35.5. The third-order valence-corrected chi connectivity index (χ3v) is 3.33. The van der Waals surface area contributed by atoms with E-state index in [4.69, 9.17) is 16.3 Å². The molecule has 0 aliphatic carbocycles.